The predicted octanol–water partition coefficient (Wildman–Crippen LogP) is 3.07. The van der Waals surface area contributed by atoms with E-state index < -0.39 is 0 Å². The van der Waals surface area contributed by atoms with Gasteiger partial charge in [0.25, 0.3) is 0 Å². The van der Waals surface area contributed by atoms with Crippen molar-refractivity contribution in [2.24, 2.45) is 10.2 Å². The van der Waals surface area contributed by atoms with Gasteiger partial charge >= 0.3 is 0 Å². The SMILES string of the molecule is C=C=CN=Nc1ccccc1. The molecule has 0 aliphatic heterocycles. The minimum absolute atomic E-state index is 0.832. The molecule has 54 valence electrons. The van der Waals surface area contributed by atoms with Gasteiger partial charge in [0.05, 0.1) is 11.9 Å². The first kappa shape index (κ1) is 7.45. The molecule has 0 atom stereocenters. The molecule has 0 bridgehead atoms. The highest BCUT2D eigenvalue weighted by Crippen LogP contribution is 2.09. The highest BCUT2D eigenvalue weighted by Gasteiger charge is 1.80. The standard InChI is InChI=1S/C9H8N2/c1-2-8-10-11-9-6-4-3-5-7-9/h3-8H,1H2. The maximum absolute atomic E-state index is 3.86. The van der Waals surface area contributed by atoms with Crippen molar-refractivity contribution in [1.82, 2.24) is 0 Å². The fraction of sp³-hybridized carbons (Fsp3) is 0. The summed E-state index contributed by atoms with van der Waals surface area (Å²) in [6, 6.07) is 9.50. The molecular weight excluding hydrogens is 136 g/mol. The average molecular weight is 144 g/mol. The monoisotopic (exact) mass is 144 g/mol. The molecule has 0 heterocycles. The summed E-state index contributed by atoms with van der Waals surface area (Å²) in [6.45, 7) is 3.36. The fourth-order valence-corrected chi connectivity index (χ4v) is 0.631. The Bertz CT molecular complexity index is 282. The zero-order chi connectivity index (χ0) is 7.94. The van der Waals surface area contributed by atoms with Crippen molar-refractivity contribution in [2.45, 2.75) is 0 Å². The van der Waals surface area contributed by atoms with Crippen LogP contribution in [0.1, 0.15) is 0 Å². The Morgan fingerprint density at radius 2 is 2.00 bits per heavy atom. The molecule has 0 amide bonds. The summed E-state index contributed by atoms with van der Waals surface area (Å²) in [6.07, 6.45) is 1.42. The molecule has 1 aromatic carbocycles. The summed E-state index contributed by atoms with van der Waals surface area (Å²) in [5.41, 5.74) is 3.33. The van der Waals surface area contributed by atoms with Crippen LogP contribution in [-0.2, 0) is 0 Å². The molecule has 1 aromatic rings. The minimum Gasteiger partial charge on any atom is -0.151 e. The Morgan fingerprint density at radius 1 is 1.27 bits per heavy atom. The Morgan fingerprint density at radius 3 is 2.64 bits per heavy atom. The molecule has 0 saturated heterocycles. The second-order valence-corrected chi connectivity index (χ2v) is 1.88. The van der Waals surface area contributed by atoms with Crippen molar-refractivity contribution in [2.75, 3.05) is 0 Å². The first-order valence-corrected chi connectivity index (χ1v) is 3.23. The molecular formula is C9H8N2. The summed E-state index contributed by atoms with van der Waals surface area (Å²) in [5, 5.41) is 7.55. The van der Waals surface area contributed by atoms with E-state index in [2.05, 4.69) is 22.5 Å². The normalized spacial score (nSPS) is 9.45. The van der Waals surface area contributed by atoms with Gasteiger partial charge in [0.1, 0.15) is 0 Å². The topological polar surface area (TPSA) is 24.7 Å². The van der Waals surface area contributed by atoms with Crippen molar-refractivity contribution >= 4 is 5.69 Å². The van der Waals surface area contributed by atoms with Crippen molar-refractivity contribution in [3.05, 3.63) is 48.8 Å². The first-order valence-electron chi connectivity index (χ1n) is 3.23. The van der Waals surface area contributed by atoms with E-state index in [1.807, 2.05) is 30.3 Å². The molecule has 0 aromatic heterocycles. The van der Waals surface area contributed by atoms with Gasteiger partial charge in [-0.2, -0.15) is 10.2 Å². The molecule has 0 aliphatic rings. The Kier molecular flexibility index (Phi) is 2.85. The van der Waals surface area contributed by atoms with E-state index in [1.54, 1.807) is 0 Å². The van der Waals surface area contributed by atoms with Crippen LogP contribution in [-0.4, -0.2) is 0 Å². The zero-order valence-corrected chi connectivity index (χ0v) is 6.07. The van der Waals surface area contributed by atoms with E-state index in [4.69, 9.17) is 0 Å². The van der Waals surface area contributed by atoms with Gasteiger partial charge in [-0.05, 0) is 12.1 Å². The van der Waals surface area contributed by atoms with Crippen LogP contribution >= 0.6 is 0 Å². The van der Waals surface area contributed by atoms with Crippen LogP contribution in [0.25, 0.3) is 0 Å². The van der Waals surface area contributed by atoms with Crippen LogP contribution < -0.4 is 0 Å². The summed E-state index contributed by atoms with van der Waals surface area (Å²) in [5.74, 6) is 0. The summed E-state index contributed by atoms with van der Waals surface area (Å²) >= 11 is 0. The van der Waals surface area contributed by atoms with Crippen LogP contribution in [0.5, 0.6) is 0 Å². The van der Waals surface area contributed by atoms with Crippen LogP contribution in [0.4, 0.5) is 5.69 Å². The molecule has 2 heteroatoms. The lowest BCUT2D eigenvalue weighted by molar-refractivity contribution is 1.23. The number of hydrogen-bond acceptors (Lipinski definition) is 2. The Labute approximate surface area is 65.6 Å². The van der Waals surface area contributed by atoms with Crippen LogP contribution in [0.15, 0.2) is 59.1 Å². The largest absolute Gasteiger partial charge is 0.151 e. The third-order valence-corrected chi connectivity index (χ3v) is 1.08. The highest BCUT2D eigenvalue weighted by molar-refractivity contribution is 5.34. The molecule has 0 spiro atoms. The van der Waals surface area contributed by atoms with E-state index in [1.165, 1.54) is 6.20 Å². The second-order valence-electron chi connectivity index (χ2n) is 1.88. The van der Waals surface area contributed by atoms with Gasteiger partial charge in [0.15, 0.2) is 0 Å². The number of nitrogens with zero attached hydrogens (tertiary/aromatic N) is 2. The van der Waals surface area contributed by atoms with E-state index in [9.17, 15) is 0 Å². The van der Waals surface area contributed by atoms with E-state index in [0.29, 0.717) is 0 Å². The molecule has 0 unspecified atom stereocenters. The van der Waals surface area contributed by atoms with Crippen molar-refractivity contribution in [3.8, 4) is 0 Å². The number of hydrogen-bond donors (Lipinski definition) is 0. The highest BCUT2D eigenvalue weighted by atomic mass is 15.1. The minimum atomic E-state index is 0.832. The van der Waals surface area contributed by atoms with Gasteiger partial charge in [-0.1, -0.05) is 24.8 Å². The first-order chi connectivity index (χ1) is 5.43. The Balaban J connectivity index is 2.72. The summed E-state index contributed by atoms with van der Waals surface area (Å²) in [7, 11) is 0. The van der Waals surface area contributed by atoms with E-state index in [0.717, 1.165) is 5.69 Å². The van der Waals surface area contributed by atoms with Crippen LogP contribution in [0.3, 0.4) is 0 Å². The van der Waals surface area contributed by atoms with Gasteiger partial charge in [-0.15, -0.1) is 5.73 Å². The lowest BCUT2D eigenvalue weighted by atomic mass is 10.3. The summed E-state index contributed by atoms with van der Waals surface area (Å²) in [4.78, 5) is 0. The van der Waals surface area contributed by atoms with E-state index >= 15 is 0 Å². The third kappa shape index (κ3) is 2.61. The lowest BCUT2D eigenvalue weighted by Gasteiger charge is -1.85. The zero-order valence-electron chi connectivity index (χ0n) is 6.07. The smallest absolute Gasteiger partial charge is 0.0908 e. The molecule has 11 heavy (non-hydrogen) atoms. The van der Waals surface area contributed by atoms with Gasteiger partial charge in [-0.25, -0.2) is 0 Å². The molecule has 0 fully saturated rings. The number of rotatable bonds is 2. The van der Waals surface area contributed by atoms with Gasteiger partial charge in [0.2, 0.25) is 0 Å². The van der Waals surface area contributed by atoms with Gasteiger partial charge in [-0.3, -0.25) is 0 Å². The quantitative estimate of drug-likeness (QED) is 0.450. The van der Waals surface area contributed by atoms with Crippen molar-refractivity contribution in [3.63, 3.8) is 0 Å². The van der Waals surface area contributed by atoms with Crippen molar-refractivity contribution in [1.29, 1.82) is 0 Å². The van der Waals surface area contributed by atoms with Crippen molar-refractivity contribution < 1.29 is 0 Å². The predicted molar refractivity (Wildman–Crippen MR) is 44.7 cm³/mol. The van der Waals surface area contributed by atoms with E-state index in [-0.39, 0.29) is 0 Å². The number of azo groups is 1. The van der Waals surface area contributed by atoms with Crippen LogP contribution in [0.2, 0.25) is 0 Å². The fourth-order valence-electron chi connectivity index (χ4n) is 0.631. The maximum atomic E-state index is 3.86. The molecule has 0 N–H and O–H groups in total. The number of benzene rings is 1. The molecule has 0 aliphatic carbocycles. The average Bonchev–Trinajstić information content (AvgIpc) is 2.07. The molecule has 2 nitrogen and oxygen atoms in total. The lowest BCUT2D eigenvalue weighted by Crippen LogP contribution is -1.58. The second kappa shape index (κ2) is 4.20. The third-order valence-electron chi connectivity index (χ3n) is 1.08. The van der Waals surface area contributed by atoms with Crippen LogP contribution in [0, 0.1) is 0 Å². The Hall–Kier alpha value is -1.66. The molecule has 1 rings (SSSR count). The van der Waals surface area contributed by atoms with Gasteiger partial charge in [0, 0.05) is 0 Å². The summed E-state index contributed by atoms with van der Waals surface area (Å²) < 4.78 is 0. The molecule has 0 radical (unpaired) electrons. The molecule has 0 saturated carbocycles. The maximum Gasteiger partial charge on any atom is 0.0908 e. The van der Waals surface area contributed by atoms with Gasteiger partial charge < -0.3 is 0 Å².